The van der Waals surface area contributed by atoms with Crippen molar-refractivity contribution in [2.45, 2.75) is 38.6 Å². The number of amides is 2. The van der Waals surface area contributed by atoms with Gasteiger partial charge in [-0.3, -0.25) is 9.59 Å². The molecule has 3 N–H and O–H groups in total. The van der Waals surface area contributed by atoms with Gasteiger partial charge in [-0.05, 0) is 37.5 Å². The molecule has 0 unspecified atom stereocenters. The molecule has 1 aromatic carbocycles. The highest BCUT2D eigenvalue weighted by molar-refractivity contribution is 6.39. The van der Waals surface area contributed by atoms with E-state index in [1.807, 2.05) is 6.92 Å². The van der Waals surface area contributed by atoms with Crippen molar-refractivity contribution < 1.29 is 14.7 Å². The van der Waals surface area contributed by atoms with Crippen LogP contribution in [0.25, 0.3) is 0 Å². The minimum absolute atomic E-state index is 0.0485. The topological polar surface area (TPSA) is 78.4 Å². The number of benzene rings is 1. The first-order valence-electron chi connectivity index (χ1n) is 6.48. The van der Waals surface area contributed by atoms with Gasteiger partial charge in [0.25, 0.3) is 0 Å². The summed E-state index contributed by atoms with van der Waals surface area (Å²) in [6, 6.07) is 4.93. The second-order valence-corrected chi connectivity index (χ2v) is 4.93. The van der Waals surface area contributed by atoms with Crippen molar-refractivity contribution >= 4 is 17.5 Å². The molecule has 5 heteroatoms. The molecule has 0 radical (unpaired) electrons. The molecule has 0 saturated heterocycles. The average molecular weight is 262 g/mol. The van der Waals surface area contributed by atoms with Crippen molar-refractivity contribution in [3.05, 3.63) is 23.8 Å². The zero-order valence-corrected chi connectivity index (χ0v) is 10.9. The Labute approximate surface area is 112 Å². The number of hydrogen-bond donors (Lipinski definition) is 3. The highest BCUT2D eigenvalue weighted by Gasteiger charge is 2.21. The van der Waals surface area contributed by atoms with Crippen LogP contribution in [0, 0.1) is 6.92 Å². The first-order chi connectivity index (χ1) is 9.06. The largest absolute Gasteiger partial charge is 0.506 e. The van der Waals surface area contributed by atoms with Gasteiger partial charge in [0.15, 0.2) is 0 Å². The minimum atomic E-state index is -0.743. The Morgan fingerprint density at radius 2 is 1.89 bits per heavy atom. The SMILES string of the molecule is Cc1ccc(O)c(NC(=O)C(=O)NC2CCCC2)c1. The molecule has 0 bridgehead atoms. The highest BCUT2D eigenvalue weighted by atomic mass is 16.3. The molecular formula is C14H18N2O3. The third-order valence-corrected chi connectivity index (χ3v) is 3.30. The Hall–Kier alpha value is -2.04. The molecule has 19 heavy (non-hydrogen) atoms. The molecule has 1 saturated carbocycles. The van der Waals surface area contributed by atoms with Crippen LogP contribution in [0.5, 0.6) is 5.75 Å². The monoisotopic (exact) mass is 262 g/mol. The molecule has 0 aliphatic heterocycles. The molecule has 1 fully saturated rings. The van der Waals surface area contributed by atoms with Gasteiger partial charge in [-0.2, -0.15) is 0 Å². The fraction of sp³-hybridized carbons (Fsp3) is 0.429. The maximum atomic E-state index is 11.7. The molecule has 2 rings (SSSR count). The smallest absolute Gasteiger partial charge is 0.313 e. The van der Waals surface area contributed by atoms with Crippen LogP contribution in [-0.4, -0.2) is 23.0 Å². The van der Waals surface area contributed by atoms with Crippen LogP contribution in [0.2, 0.25) is 0 Å². The lowest BCUT2D eigenvalue weighted by Gasteiger charge is -2.12. The van der Waals surface area contributed by atoms with E-state index in [-0.39, 0.29) is 17.5 Å². The number of hydrogen-bond acceptors (Lipinski definition) is 3. The summed E-state index contributed by atoms with van der Waals surface area (Å²) in [5.41, 5.74) is 1.15. The van der Waals surface area contributed by atoms with Crippen molar-refractivity contribution in [1.82, 2.24) is 5.32 Å². The standard InChI is InChI=1S/C14H18N2O3/c1-9-6-7-12(17)11(8-9)16-14(19)13(18)15-10-4-2-3-5-10/h6-8,10,17H,2-5H2,1H3,(H,15,18)(H,16,19). The second kappa shape index (κ2) is 5.73. The average Bonchev–Trinajstić information content (AvgIpc) is 2.86. The normalized spacial score (nSPS) is 15.2. The number of aryl methyl sites for hydroxylation is 1. The van der Waals surface area contributed by atoms with Crippen LogP contribution in [0.15, 0.2) is 18.2 Å². The quantitative estimate of drug-likeness (QED) is 0.560. The van der Waals surface area contributed by atoms with E-state index in [4.69, 9.17) is 0 Å². The lowest BCUT2D eigenvalue weighted by atomic mass is 10.2. The number of phenolic OH excluding ortho intramolecular Hbond substituents is 1. The zero-order valence-electron chi connectivity index (χ0n) is 10.9. The maximum Gasteiger partial charge on any atom is 0.313 e. The van der Waals surface area contributed by atoms with Crippen LogP contribution in [0.3, 0.4) is 0 Å². The summed E-state index contributed by atoms with van der Waals surface area (Å²) in [6.07, 6.45) is 4.03. The summed E-state index contributed by atoms with van der Waals surface area (Å²) in [7, 11) is 0. The van der Waals surface area contributed by atoms with Gasteiger partial charge in [0.1, 0.15) is 5.75 Å². The molecule has 0 spiro atoms. The van der Waals surface area contributed by atoms with E-state index in [1.54, 1.807) is 12.1 Å². The molecule has 0 heterocycles. The summed E-state index contributed by atoms with van der Waals surface area (Å²) in [5, 5.41) is 14.7. The second-order valence-electron chi connectivity index (χ2n) is 4.93. The van der Waals surface area contributed by atoms with Crippen molar-refractivity contribution in [2.24, 2.45) is 0 Å². The third-order valence-electron chi connectivity index (χ3n) is 3.30. The number of anilines is 1. The van der Waals surface area contributed by atoms with E-state index in [1.165, 1.54) is 6.07 Å². The number of rotatable bonds is 2. The van der Waals surface area contributed by atoms with E-state index in [0.29, 0.717) is 0 Å². The summed E-state index contributed by atoms with van der Waals surface area (Å²) in [6.45, 7) is 1.84. The van der Waals surface area contributed by atoms with Crippen molar-refractivity contribution in [3.8, 4) is 5.75 Å². The highest BCUT2D eigenvalue weighted by Crippen LogP contribution is 2.23. The number of aromatic hydroxyl groups is 1. The summed E-state index contributed by atoms with van der Waals surface area (Å²) >= 11 is 0. The fourth-order valence-corrected chi connectivity index (χ4v) is 2.25. The Balaban J connectivity index is 1.96. The van der Waals surface area contributed by atoms with Gasteiger partial charge < -0.3 is 15.7 Å². The first kappa shape index (κ1) is 13.4. The lowest BCUT2D eigenvalue weighted by Crippen LogP contribution is -2.40. The van der Waals surface area contributed by atoms with Gasteiger partial charge >= 0.3 is 11.8 Å². The Morgan fingerprint density at radius 1 is 1.21 bits per heavy atom. The molecule has 0 atom stereocenters. The number of carbonyl (C=O) groups is 2. The van der Waals surface area contributed by atoms with E-state index in [0.717, 1.165) is 31.2 Å². The van der Waals surface area contributed by atoms with Crippen molar-refractivity contribution in [3.63, 3.8) is 0 Å². The van der Waals surface area contributed by atoms with E-state index >= 15 is 0 Å². The predicted octanol–water partition coefficient (Wildman–Crippen LogP) is 1.70. The minimum Gasteiger partial charge on any atom is -0.506 e. The van der Waals surface area contributed by atoms with E-state index in [9.17, 15) is 14.7 Å². The summed E-state index contributed by atoms with van der Waals surface area (Å²) in [5.74, 6) is -1.44. The van der Waals surface area contributed by atoms with Crippen LogP contribution in [0.1, 0.15) is 31.2 Å². The molecular weight excluding hydrogens is 244 g/mol. The van der Waals surface area contributed by atoms with Gasteiger partial charge in [-0.25, -0.2) is 0 Å². The number of nitrogens with one attached hydrogen (secondary N) is 2. The summed E-state index contributed by atoms with van der Waals surface area (Å²) in [4.78, 5) is 23.4. The van der Waals surface area contributed by atoms with Crippen molar-refractivity contribution in [2.75, 3.05) is 5.32 Å². The predicted molar refractivity (Wildman–Crippen MR) is 71.9 cm³/mol. The number of phenols is 1. The van der Waals surface area contributed by atoms with Gasteiger partial charge in [-0.1, -0.05) is 18.9 Å². The Bertz CT molecular complexity index is 493. The molecule has 2 amide bonds. The first-order valence-corrected chi connectivity index (χ1v) is 6.48. The van der Waals surface area contributed by atoms with Gasteiger partial charge in [0.05, 0.1) is 5.69 Å². The molecule has 102 valence electrons. The lowest BCUT2D eigenvalue weighted by molar-refractivity contribution is -0.136. The zero-order chi connectivity index (χ0) is 13.8. The summed E-state index contributed by atoms with van der Waals surface area (Å²) < 4.78 is 0. The Morgan fingerprint density at radius 3 is 2.58 bits per heavy atom. The van der Waals surface area contributed by atoms with Crippen LogP contribution < -0.4 is 10.6 Å². The Kier molecular flexibility index (Phi) is 4.04. The van der Waals surface area contributed by atoms with Crippen LogP contribution in [0.4, 0.5) is 5.69 Å². The fourth-order valence-electron chi connectivity index (χ4n) is 2.25. The molecule has 0 aromatic heterocycles. The van der Waals surface area contributed by atoms with Gasteiger partial charge in [0.2, 0.25) is 0 Å². The van der Waals surface area contributed by atoms with Crippen LogP contribution in [-0.2, 0) is 9.59 Å². The van der Waals surface area contributed by atoms with E-state index in [2.05, 4.69) is 10.6 Å². The third kappa shape index (κ3) is 3.47. The van der Waals surface area contributed by atoms with E-state index < -0.39 is 11.8 Å². The molecule has 1 aliphatic rings. The number of carbonyl (C=O) groups excluding carboxylic acids is 2. The molecule has 1 aromatic rings. The van der Waals surface area contributed by atoms with Crippen LogP contribution >= 0.6 is 0 Å². The maximum absolute atomic E-state index is 11.7. The van der Waals surface area contributed by atoms with Gasteiger partial charge in [0, 0.05) is 6.04 Å². The molecule has 5 nitrogen and oxygen atoms in total. The van der Waals surface area contributed by atoms with Crippen molar-refractivity contribution in [1.29, 1.82) is 0 Å². The molecule has 1 aliphatic carbocycles. The van der Waals surface area contributed by atoms with Gasteiger partial charge in [-0.15, -0.1) is 0 Å².